The second-order valence-electron chi connectivity index (χ2n) is 9.44. The highest BCUT2D eigenvalue weighted by Crippen LogP contribution is 2.20. The Kier molecular flexibility index (Phi) is 7.87. The molecule has 2 aromatic rings. The van der Waals surface area contributed by atoms with E-state index in [-0.39, 0.29) is 12.3 Å². The van der Waals surface area contributed by atoms with E-state index in [4.69, 9.17) is 4.74 Å². The Labute approximate surface area is 185 Å². The van der Waals surface area contributed by atoms with E-state index in [1.54, 1.807) is 7.05 Å². The van der Waals surface area contributed by atoms with Crippen molar-refractivity contribution in [3.63, 3.8) is 0 Å². The van der Waals surface area contributed by atoms with E-state index < -0.39 is 11.7 Å². The van der Waals surface area contributed by atoms with Crippen molar-refractivity contribution in [3.05, 3.63) is 46.8 Å². The molecule has 0 spiro atoms. The first kappa shape index (κ1) is 24.4. The zero-order valence-electron chi connectivity index (χ0n) is 20.1. The second-order valence-corrected chi connectivity index (χ2v) is 9.44. The largest absolute Gasteiger partial charge is 0.444 e. The summed E-state index contributed by atoms with van der Waals surface area (Å²) in [6.07, 6.45) is -0.149. The minimum absolute atomic E-state index is 0.109. The first-order chi connectivity index (χ1) is 14.4. The van der Waals surface area contributed by atoms with Gasteiger partial charge < -0.3 is 15.0 Å². The van der Waals surface area contributed by atoms with Crippen LogP contribution in [0.4, 0.5) is 10.5 Å². The number of hydrogen-bond donors (Lipinski definition) is 1. The smallest absolute Gasteiger partial charge is 0.410 e. The molecule has 1 N–H and O–H groups in total. The molecular weight excluding hydrogens is 392 g/mol. The van der Waals surface area contributed by atoms with Gasteiger partial charge in [-0.3, -0.25) is 9.48 Å². The summed E-state index contributed by atoms with van der Waals surface area (Å²) in [5, 5.41) is 7.60. The molecular formula is C24H36N4O3. The molecule has 2 amide bonds. The summed E-state index contributed by atoms with van der Waals surface area (Å²) in [5.41, 5.74) is 3.84. The van der Waals surface area contributed by atoms with E-state index in [1.807, 2.05) is 63.6 Å². The summed E-state index contributed by atoms with van der Waals surface area (Å²) in [4.78, 5) is 26.6. The summed E-state index contributed by atoms with van der Waals surface area (Å²) in [6.45, 7) is 14.9. The quantitative estimate of drug-likeness (QED) is 0.693. The van der Waals surface area contributed by atoms with Gasteiger partial charge in [-0.1, -0.05) is 32.0 Å². The van der Waals surface area contributed by atoms with E-state index in [0.717, 1.165) is 29.1 Å². The van der Waals surface area contributed by atoms with E-state index in [1.165, 1.54) is 4.90 Å². The van der Waals surface area contributed by atoms with Crippen LogP contribution in [0.3, 0.4) is 0 Å². The Morgan fingerprint density at radius 2 is 1.84 bits per heavy atom. The highest BCUT2D eigenvalue weighted by Gasteiger charge is 2.21. The lowest BCUT2D eigenvalue weighted by Gasteiger charge is -2.25. The van der Waals surface area contributed by atoms with Crippen LogP contribution in [0.15, 0.2) is 24.3 Å². The molecule has 7 heteroatoms. The average molecular weight is 429 g/mol. The monoisotopic (exact) mass is 428 g/mol. The number of amides is 2. The van der Waals surface area contributed by atoms with Gasteiger partial charge in [-0.2, -0.15) is 5.10 Å². The molecule has 0 atom stereocenters. The van der Waals surface area contributed by atoms with Crippen molar-refractivity contribution in [1.82, 2.24) is 14.7 Å². The number of hydrogen-bond acceptors (Lipinski definition) is 4. The Hall–Kier alpha value is -2.83. The highest BCUT2D eigenvalue weighted by molar-refractivity contribution is 5.93. The van der Waals surface area contributed by atoms with Gasteiger partial charge in [-0.05, 0) is 52.2 Å². The molecule has 170 valence electrons. The minimum Gasteiger partial charge on any atom is -0.444 e. The first-order valence-electron chi connectivity index (χ1n) is 10.7. The van der Waals surface area contributed by atoms with Crippen LogP contribution >= 0.6 is 0 Å². The molecule has 0 saturated carbocycles. The zero-order valence-corrected chi connectivity index (χ0v) is 20.1. The lowest BCUT2D eigenvalue weighted by atomic mass is 10.1. The fourth-order valence-electron chi connectivity index (χ4n) is 3.31. The van der Waals surface area contributed by atoms with Crippen molar-refractivity contribution in [2.75, 3.05) is 12.4 Å². The molecule has 0 radical (unpaired) electrons. The van der Waals surface area contributed by atoms with Gasteiger partial charge >= 0.3 is 6.09 Å². The molecule has 0 unspecified atom stereocenters. The molecule has 0 saturated heterocycles. The molecule has 0 aliphatic carbocycles. The molecule has 0 aliphatic heterocycles. The van der Waals surface area contributed by atoms with Crippen LogP contribution in [0.2, 0.25) is 0 Å². The van der Waals surface area contributed by atoms with Gasteiger partial charge in [0.1, 0.15) is 5.60 Å². The summed E-state index contributed by atoms with van der Waals surface area (Å²) < 4.78 is 7.40. The van der Waals surface area contributed by atoms with E-state index in [9.17, 15) is 9.59 Å². The molecule has 1 aromatic carbocycles. The molecule has 0 bridgehead atoms. The van der Waals surface area contributed by atoms with Crippen LogP contribution in [-0.2, 0) is 29.0 Å². The van der Waals surface area contributed by atoms with Crippen molar-refractivity contribution >= 4 is 17.7 Å². The van der Waals surface area contributed by atoms with Gasteiger partial charge in [0.25, 0.3) is 0 Å². The van der Waals surface area contributed by atoms with Crippen LogP contribution in [0.5, 0.6) is 0 Å². The van der Waals surface area contributed by atoms with Gasteiger partial charge in [0.2, 0.25) is 5.91 Å². The number of carbonyl (C=O) groups is 2. The van der Waals surface area contributed by atoms with Crippen LogP contribution in [0.25, 0.3) is 0 Å². The lowest BCUT2D eigenvalue weighted by molar-refractivity contribution is -0.115. The Morgan fingerprint density at radius 3 is 2.45 bits per heavy atom. The Bertz CT molecular complexity index is 925. The number of anilines is 1. The van der Waals surface area contributed by atoms with E-state index >= 15 is 0 Å². The fourth-order valence-corrected chi connectivity index (χ4v) is 3.31. The van der Waals surface area contributed by atoms with Crippen LogP contribution in [0, 0.1) is 19.8 Å². The predicted molar refractivity (Wildman–Crippen MR) is 123 cm³/mol. The van der Waals surface area contributed by atoms with Crippen molar-refractivity contribution in [2.24, 2.45) is 5.92 Å². The maximum Gasteiger partial charge on any atom is 0.410 e. The van der Waals surface area contributed by atoms with Gasteiger partial charge in [0.15, 0.2) is 0 Å². The Morgan fingerprint density at radius 1 is 1.19 bits per heavy atom. The average Bonchev–Trinajstić information content (AvgIpc) is 2.88. The number of aryl methyl sites for hydroxylation is 1. The summed E-state index contributed by atoms with van der Waals surface area (Å²) >= 11 is 0. The van der Waals surface area contributed by atoms with E-state index in [0.29, 0.717) is 18.2 Å². The highest BCUT2D eigenvalue weighted by atomic mass is 16.6. The third-order valence-electron chi connectivity index (χ3n) is 4.81. The van der Waals surface area contributed by atoms with Gasteiger partial charge in [0, 0.05) is 30.5 Å². The standard InChI is InChI=1S/C24H36N4O3/c1-16(2)14-28-18(4)20(17(3)26-28)13-22(29)25-21-12-10-9-11-19(21)15-27(8)23(30)31-24(5,6)7/h9-12,16H,13-15H2,1-8H3,(H,25,29). The topological polar surface area (TPSA) is 76.5 Å². The number of para-hydroxylation sites is 1. The number of ether oxygens (including phenoxy) is 1. The molecule has 2 rings (SSSR count). The molecule has 1 heterocycles. The van der Waals surface area contributed by atoms with Crippen LogP contribution < -0.4 is 5.32 Å². The van der Waals surface area contributed by atoms with Crippen molar-refractivity contribution < 1.29 is 14.3 Å². The lowest BCUT2D eigenvalue weighted by Crippen LogP contribution is -2.34. The number of nitrogens with one attached hydrogen (secondary N) is 1. The van der Waals surface area contributed by atoms with E-state index in [2.05, 4.69) is 24.3 Å². The summed E-state index contributed by atoms with van der Waals surface area (Å²) in [6, 6.07) is 7.49. The zero-order chi connectivity index (χ0) is 23.3. The molecule has 0 fully saturated rings. The summed E-state index contributed by atoms with van der Waals surface area (Å²) in [7, 11) is 1.68. The van der Waals surface area contributed by atoms with Crippen molar-refractivity contribution in [2.45, 2.75) is 73.6 Å². The minimum atomic E-state index is -0.561. The molecule has 0 aliphatic rings. The third kappa shape index (κ3) is 7.12. The maximum absolute atomic E-state index is 12.8. The SMILES string of the molecule is Cc1nn(CC(C)C)c(C)c1CC(=O)Nc1ccccc1CN(C)C(=O)OC(C)(C)C. The molecule has 7 nitrogen and oxygen atoms in total. The normalized spacial score (nSPS) is 11.5. The molecule has 31 heavy (non-hydrogen) atoms. The van der Waals surface area contributed by atoms with Gasteiger partial charge in [-0.15, -0.1) is 0 Å². The predicted octanol–water partition coefficient (Wildman–Crippen LogP) is 4.70. The first-order valence-corrected chi connectivity index (χ1v) is 10.7. The van der Waals surface area contributed by atoms with Crippen LogP contribution in [0.1, 0.15) is 57.1 Å². The third-order valence-corrected chi connectivity index (χ3v) is 4.81. The molecule has 1 aromatic heterocycles. The number of carbonyl (C=O) groups excluding carboxylic acids is 2. The number of nitrogens with zero attached hydrogens (tertiary/aromatic N) is 3. The van der Waals surface area contributed by atoms with Crippen molar-refractivity contribution in [1.29, 1.82) is 0 Å². The second kappa shape index (κ2) is 9.98. The van der Waals surface area contributed by atoms with Gasteiger partial charge in [0.05, 0.1) is 18.7 Å². The number of aromatic nitrogens is 2. The van der Waals surface area contributed by atoms with Crippen molar-refractivity contribution in [3.8, 4) is 0 Å². The Balaban J connectivity index is 2.10. The maximum atomic E-state index is 12.8. The fraction of sp³-hybridized carbons (Fsp3) is 0.542. The summed E-state index contributed by atoms with van der Waals surface area (Å²) in [5.74, 6) is 0.371. The van der Waals surface area contributed by atoms with Crippen LogP contribution in [-0.4, -0.2) is 39.3 Å². The van der Waals surface area contributed by atoms with Gasteiger partial charge in [-0.25, -0.2) is 4.79 Å². The number of benzene rings is 1. The number of rotatable bonds is 7.